The van der Waals surface area contributed by atoms with E-state index in [-0.39, 0.29) is 12.0 Å². The van der Waals surface area contributed by atoms with Crippen LogP contribution in [0.3, 0.4) is 0 Å². The molecule has 26 heavy (non-hydrogen) atoms. The summed E-state index contributed by atoms with van der Waals surface area (Å²) in [4.78, 5) is 17.9. The van der Waals surface area contributed by atoms with Gasteiger partial charge in [0.25, 0.3) is 0 Å². The zero-order valence-corrected chi connectivity index (χ0v) is 15.1. The fraction of sp³-hybridized carbons (Fsp3) is 0.400. The Morgan fingerprint density at radius 1 is 1.23 bits per heavy atom. The molecule has 0 radical (unpaired) electrons. The molecule has 1 aliphatic heterocycles. The van der Waals surface area contributed by atoms with Crippen molar-refractivity contribution >= 4 is 5.97 Å². The second-order valence-electron chi connectivity index (χ2n) is 6.45. The van der Waals surface area contributed by atoms with Crippen LogP contribution in [0.2, 0.25) is 0 Å². The molecule has 1 aliphatic rings. The Morgan fingerprint density at radius 2 is 2.00 bits per heavy atom. The Bertz CT molecular complexity index is 743. The first-order chi connectivity index (χ1) is 12.6. The maximum atomic E-state index is 11.3. The molecule has 3 rings (SSSR count). The molecule has 0 spiro atoms. The Morgan fingerprint density at radius 3 is 2.58 bits per heavy atom. The van der Waals surface area contributed by atoms with Crippen LogP contribution in [0.1, 0.15) is 30.0 Å². The predicted octanol–water partition coefficient (Wildman–Crippen LogP) is 2.98. The minimum atomic E-state index is -0.707. The molecule has 0 aliphatic carbocycles. The number of methoxy groups -OCH3 is 2. The number of aliphatic carboxylic acids is 1. The largest absolute Gasteiger partial charge is 0.497 e. The second kappa shape index (κ2) is 8.19. The van der Waals surface area contributed by atoms with Gasteiger partial charge in [-0.05, 0) is 55.8 Å². The van der Waals surface area contributed by atoms with Crippen LogP contribution in [0.25, 0.3) is 0 Å². The average Bonchev–Trinajstić information content (AvgIpc) is 2.69. The molecule has 1 fully saturated rings. The van der Waals surface area contributed by atoms with E-state index in [9.17, 15) is 9.90 Å². The molecule has 138 valence electrons. The smallest absolute Gasteiger partial charge is 0.306 e. The van der Waals surface area contributed by atoms with Gasteiger partial charge in [-0.1, -0.05) is 6.07 Å². The molecule has 1 saturated heterocycles. The van der Waals surface area contributed by atoms with E-state index >= 15 is 0 Å². The number of pyridine rings is 1. The summed E-state index contributed by atoms with van der Waals surface area (Å²) in [5.41, 5.74) is 2.04. The molecular formula is C20H24N2O4. The van der Waals surface area contributed by atoms with Crippen LogP contribution in [-0.4, -0.2) is 48.3 Å². The van der Waals surface area contributed by atoms with E-state index in [1.807, 2.05) is 36.5 Å². The van der Waals surface area contributed by atoms with Gasteiger partial charge in [0, 0.05) is 18.0 Å². The average molecular weight is 356 g/mol. The zero-order valence-electron chi connectivity index (χ0n) is 15.1. The molecule has 1 unspecified atom stereocenters. The minimum Gasteiger partial charge on any atom is -0.497 e. The first kappa shape index (κ1) is 18.2. The molecular weight excluding hydrogens is 332 g/mol. The highest BCUT2D eigenvalue weighted by Gasteiger charge is 2.31. The summed E-state index contributed by atoms with van der Waals surface area (Å²) in [7, 11) is 3.30. The molecule has 1 aromatic carbocycles. The van der Waals surface area contributed by atoms with E-state index < -0.39 is 5.97 Å². The fourth-order valence-electron chi connectivity index (χ4n) is 3.58. The number of carboxylic acids is 1. The van der Waals surface area contributed by atoms with Gasteiger partial charge in [0.15, 0.2) is 0 Å². The number of hydrogen-bond acceptors (Lipinski definition) is 5. The number of piperidine rings is 1. The first-order valence-electron chi connectivity index (χ1n) is 8.72. The summed E-state index contributed by atoms with van der Waals surface area (Å²) in [6, 6.07) is 9.66. The van der Waals surface area contributed by atoms with Crippen LogP contribution in [0.5, 0.6) is 11.5 Å². The molecule has 1 aromatic heterocycles. The van der Waals surface area contributed by atoms with E-state index in [0.717, 1.165) is 22.6 Å². The van der Waals surface area contributed by atoms with Gasteiger partial charge >= 0.3 is 5.97 Å². The highest BCUT2D eigenvalue weighted by molar-refractivity contribution is 5.70. The van der Waals surface area contributed by atoms with Crippen molar-refractivity contribution in [1.29, 1.82) is 0 Å². The molecule has 1 atom stereocenters. The maximum Gasteiger partial charge on any atom is 0.306 e. The van der Waals surface area contributed by atoms with Crippen molar-refractivity contribution in [1.82, 2.24) is 9.88 Å². The monoisotopic (exact) mass is 356 g/mol. The number of rotatable bonds is 6. The number of benzene rings is 1. The summed E-state index contributed by atoms with van der Waals surface area (Å²) in [5.74, 6) is 0.560. The van der Waals surface area contributed by atoms with Crippen molar-refractivity contribution in [2.75, 3.05) is 27.3 Å². The lowest BCUT2D eigenvalue weighted by molar-refractivity contribution is -0.143. The predicted molar refractivity (Wildman–Crippen MR) is 97.6 cm³/mol. The van der Waals surface area contributed by atoms with Crippen LogP contribution in [0.15, 0.2) is 42.7 Å². The Balaban J connectivity index is 1.99. The van der Waals surface area contributed by atoms with Crippen LogP contribution in [0, 0.1) is 5.92 Å². The molecule has 6 heteroatoms. The highest BCUT2D eigenvalue weighted by atomic mass is 16.5. The van der Waals surface area contributed by atoms with E-state index in [4.69, 9.17) is 9.47 Å². The van der Waals surface area contributed by atoms with E-state index in [1.54, 1.807) is 20.4 Å². The number of carbonyl (C=O) groups is 1. The first-order valence-corrected chi connectivity index (χ1v) is 8.72. The maximum absolute atomic E-state index is 11.3. The van der Waals surface area contributed by atoms with Gasteiger partial charge in [0.2, 0.25) is 0 Å². The normalized spacial score (nSPS) is 16.8. The Kier molecular flexibility index (Phi) is 5.73. The van der Waals surface area contributed by atoms with Crippen molar-refractivity contribution < 1.29 is 19.4 Å². The van der Waals surface area contributed by atoms with Gasteiger partial charge in [-0.15, -0.1) is 0 Å². The summed E-state index contributed by atoms with van der Waals surface area (Å²) in [6.45, 7) is 1.41. The number of hydrogen-bond donors (Lipinski definition) is 1. The number of nitrogens with zero attached hydrogens (tertiary/aromatic N) is 2. The van der Waals surface area contributed by atoms with Crippen LogP contribution in [0.4, 0.5) is 0 Å². The third-order valence-corrected chi connectivity index (χ3v) is 4.98. The van der Waals surface area contributed by atoms with Gasteiger partial charge in [0.1, 0.15) is 11.5 Å². The molecule has 0 saturated carbocycles. The molecule has 6 nitrogen and oxygen atoms in total. The summed E-state index contributed by atoms with van der Waals surface area (Å²) in [5, 5.41) is 9.28. The second-order valence-corrected chi connectivity index (χ2v) is 6.45. The third-order valence-electron chi connectivity index (χ3n) is 4.98. The highest BCUT2D eigenvalue weighted by Crippen LogP contribution is 2.38. The van der Waals surface area contributed by atoms with Crippen LogP contribution in [-0.2, 0) is 4.79 Å². The standard InChI is InChI=1S/C20H24N2O4/c1-25-16-5-6-18(26-2)17(12-16)19(15-4-3-9-21-13-15)22-10-7-14(8-11-22)20(23)24/h3-6,9,12-14,19H,7-8,10-11H2,1-2H3,(H,23,24). The van der Waals surface area contributed by atoms with Gasteiger partial charge in [-0.3, -0.25) is 14.7 Å². The number of likely N-dealkylation sites (tertiary alicyclic amines) is 1. The van der Waals surface area contributed by atoms with Crippen LogP contribution < -0.4 is 9.47 Å². The number of ether oxygens (including phenoxy) is 2. The van der Waals surface area contributed by atoms with E-state index in [0.29, 0.717) is 25.9 Å². The quantitative estimate of drug-likeness (QED) is 0.858. The fourth-order valence-corrected chi connectivity index (χ4v) is 3.58. The third kappa shape index (κ3) is 3.80. The zero-order chi connectivity index (χ0) is 18.5. The van der Waals surface area contributed by atoms with E-state index in [1.165, 1.54) is 0 Å². The lowest BCUT2D eigenvalue weighted by Crippen LogP contribution is -2.39. The molecule has 2 aromatic rings. The summed E-state index contributed by atoms with van der Waals surface area (Å²) in [6.07, 6.45) is 4.88. The van der Waals surface area contributed by atoms with Crippen molar-refractivity contribution in [2.24, 2.45) is 5.92 Å². The molecule has 2 heterocycles. The SMILES string of the molecule is COc1ccc(OC)c(C(c2cccnc2)N2CCC(C(=O)O)CC2)c1. The van der Waals surface area contributed by atoms with Crippen molar-refractivity contribution in [2.45, 2.75) is 18.9 Å². The van der Waals surface area contributed by atoms with Crippen molar-refractivity contribution in [3.05, 3.63) is 53.9 Å². The summed E-state index contributed by atoms with van der Waals surface area (Å²) >= 11 is 0. The van der Waals surface area contributed by atoms with Gasteiger partial charge in [-0.25, -0.2) is 0 Å². The lowest BCUT2D eigenvalue weighted by Gasteiger charge is -2.37. The van der Waals surface area contributed by atoms with E-state index in [2.05, 4.69) is 9.88 Å². The Labute approximate surface area is 153 Å². The lowest BCUT2D eigenvalue weighted by atomic mass is 9.91. The van der Waals surface area contributed by atoms with Gasteiger partial charge in [-0.2, -0.15) is 0 Å². The number of carboxylic acid groups (broad SMARTS) is 1. The van der Waals surface area contributed by atoms with Crippen molar-refractivity contribution in [3.63, 3.8) is 0 Å². The van der Waals surface area contributed by atoms with Gasteiger partial charge in [0.05, 0.1) is 26.2 Å². The molecule has 0 amide bonds. The molecule has 0 bridgehead atoms. The van der Waals surface area contributed by atoms with Crippen LogP contribution >= 0.6 is 0 Å². The molecule has 1 N–H and O–H groups in total. The van der Waals surface area contributed by atoms with Crippen molar-refractivity contribution in [3.8, 4) is 11.5 Å². The summed E-state index contributed by atoms with van der Waals surface area (Å²) < 4.78 is 11.0. The topological polar surface area (TPSA) is 71.9 Å². The van der Waals surface area contributed by atoms with Gasteiger partial charge < -0.3 is 14.6 Å². The Hall–Kier alpha value is -2.60. The minimum absolute atomic E-state index is 0.0662. The number of aromatic nitrogens is 1.